The first-order valence-electron chi connectivity index (χ1n) is 5.26. The van der Waals surface area contributed by atoms with Gasteiger partial charge in [0.05, 0.1) is 5.54 Å². The predicted molar refractivity (Wildman–Crippen MR) is 63.3 cm³/mol. The Morgan fingerprint density at radius 2 is 1.83 bits per heavy atom. The lowest BCUT2D eigenvalue weighted by Crippen LogP contribution is -2.46. The zero-order valence-corrected chi connectivity index (χ0v) is 10.5. The highest BCUT2D eigenvalue weighted by atomic mass is 35.5. The molecule has 1 amide bonds. The van der Waals surface area contributed by atoms with Gasteiger partial charge in [0.2, 0.25) is 5.91 Å². The Balaban J connectivity index is 2.81. The van der Waals surface area contributed by atoms with Crippen LogP contribution in [0.1, 0.15) is 18.9 Å². The SMILES string of the molecule is CC(CCl)(NC(=O)CC(F)(F)F)c1ccccc1. The third kappa shape index (κ3) is 4.22. The van der Waals surface area contributed by atoms with E-state index >= 15 is 0 Å². The maximum absolute atomic E-state index is 12.1. The second kappa shape index (κ2) is 5.61. The average Bonchev–Trinajstić information content (AvgIpc) is 2.27. The first-order valence-corrected chi connectivity index (χ1v) is 5.79. The van der Waals surface area contributed by atoms with Gasteiger partial charge in [-0.3, -0.25) is 4.79 Å². The molecular formula is C12H13ClF3NO. The van der Waals surface area contributed by atoms with E-state index in [0.717, 1.165) is 0 Å². The van der Waals surface area contributed by atoms with Gasteiger partial charge >= 0.3 is 6.18 Å². The van der Waals surface area contributed by atoms with Crippen LogP contribution in [0.3, 0.4) is 0 Å². The minimum absolute atomic E-state index is 0.0133. The fraction of sp³-hybridized carbons (Fsp3) is 0.417. The van der Waals surface area contributed by atoms with Gasteiger partial charge in [0, 0.05) is 5.88 Å². The Hall–Kier alpha value is -1.23. The van der Waals surface area contributed by atoms with Gasteiger partial charge in [-0.1, -0.05) is 30.3 Å². The van der Waals surface area contributed by atoms with Gasteiger partial charge in [-0.15, -0.1) is 11.6 Å². The summed E-state index contributed by atoms with van der Waals surface area (Å²) in [7, 11) is 0. The van der Waals surface area contributed by atoms with Crippen LogP contribution in [0.15, 0.2) is 30.3 Å². The van der Waals surface area contributed by atoms with Crippen molar-refractivity contribution in [2.75, 3.05) is 5.88 Å². The first kappa shape index (κ1) is 14.8. The van der Waals surface area contributed by atoms with E-state index in [4.69, 9.17) is 11.6 Å². The summed E-state index contributed by atoms with van der Waals surface area (Å²) in [6.07, 6.45) is -6.03. The minimum Gasteiger partial charge on any atom is -0.345 e. The molecule has 18 heavy (non-hydrogen) atoms. The zero-order valence-electron chi connectivity index (χ0n) is 9.72. The summed E-state index contributed by atoms with van der Waals surface area (Å²) >= 11 is 5.76. The van der Waals surface area contributed by atoms with E-state index in [0.29, 0.717) is 5.56 Å². The highest BCUT2D eigenvalue weighted by molar-refractivity contribution is 6.18. The van der Waals surface area contributed by atoms with Crippen molar-refractivity contribution in [1.29, 1.82) is 0 Å². The number of alkyl halides is 4. The normalized spacial score (nSPS) is 14.9. The van der Waals surface area contributed by atoms with Crippen LogP contribution in [0.4, 0.5) is 13.2 Å². The molecule has 1 rings (SSSR count). The van der Waals surface area contributed by atoms with Crippen molar-refractivity contribution in [3.05, 3.63) is 35.9 Å². The largest absolute Gasteiger partial charge is 0.397 e. The summed E-state index contributed by atoms with van der Waals surface area (Å²) in [5, 5.41) is 2.33. The number of nitrogens with one attached hydrogen (secondary N) is 1. The maximum Gasteiger partial charge on any atom is 0.397 e. The van der Waals surface area contributed by atoms with E-state index in [9.17, 15) is 18.0 Å². The number of hydrogen-bond donors (Lipinski definition) is 1. The third-order valence-electron chi connectivity index (χ3n) is 2.45. The lowest BCUT2D eigenvalue weighted by molar-refractivity contribution is -0.154. The molecule has 0 aliphatic heterocycles. The molecule has 0 radical (unpaired) electrons. The Morgan fingerprint density at radius 1 is 1.28 bits per heavy atom. The molecule has 2 nitrogen and oxygen atoms in total. The molecular weight excluding hydrogens is 267 g/mol. The highest BCUT2D eigenvalue weighted by Crippen LogP contribution is 2.24. The van der Waals surface area contributed by atoms with Crippen LogP contribution >= 0.6 is 11.6 Å². The van der Waals surface area contributed by atoms with E-state index in [1.54, 1.807) is 37.3 Å². The summed E-state index contributed by atoms with van der Waals surface area (Å²) in [6, 6.07) is 8.65. The maximum atomic E-state index is 12.1. The van der Waals surface area contributed by atoms with Gasteiger partial charge in [-0.05, 0) is 12.5 Å². The van der Waals surface area contributed by atoms with Crippen molar-refractivity contribution in [1.82, 2.24) is 5.32 Å². The second-order valence-electron chi connectivity index (χ2n) is 4.17. The fourth-order valence-corrected chi connectivity index (χ4v) is 1.74. The van der Waals surface area contributed by atoms with Crippen LogP contribution in [0.25, 0.3) is 0 Å². The van der Waals surface area contributed by atoms with Crippen LogP contribution < -0.4 is 5.32 Å². The molecule has 100 valence electrons. The molecule has 6 heteroatoms. The Bertz CT molecular complexity index is 408. The van der Waals surface area contributed by atoms with E-state index in [2.05, 4.69) is 5.32 Å². The summed E-state index contributed by atoms with van der Waals surface area (Å²) in [5.74, 6) is -1.10. The number of carbonyl (C=O) groups excluding carboxylic acids is 1. The van der Waals surface area contributed by atoms with Gasteiger partial charge in [0.25, 0.3) is 0 Å². The van der Waals surface area contributed by atoms with Crippen LogP contribution in [0, 0.1) is 0 Å². The quantitative estimate of drug-likeness (QED) is 0.843. The zero-order chi connectivity index (χ0) is 13.8. The van der Waals surface area contributed by atoms with E-state index in [1.807, 2.05) is 0 Å². The molecule has 0 heterocycles. The smallest absolute Gasteiger partial charge is 0.345 e. The number of hydrogen-bond acceptors (Lipinski definition) is 1. The summed E-state index contributed by atoms with van der Waals surface area (Å²) in [4.78, 5) is 11.3. The fourth-order valence-electron chi connectivity index (χ4n) is 1.52. The van der Waals surface area contributed by atoms with Crippen molar-refractivity contribution in [2.24, 2.45) is 0 Å². The standard InChI is InChI=1S/C12H13ClF3NO/c1-11(8-13,9-5-3-2-4-6-9)17-10(18)7-12(14,15)16/h2-6H,7-8H2,1H3,(H,17,18). The monoisotopic (exact) mass is 279 g/mol. The van der Waals surface area contributed by atoms with Gasteiger partial charge in [-0.2, -0.15) is 13.2 Å². The lowest BCUT2D eigenvalue weighted by atomic mass is 9.94. The topological polar surface area (TPSA) is 29.1 Å². The number of halogens is 4. The first-order chi connectivity index (χ1) is 8.27. The predicted octanol–water partition coefficient (Wildman–Crippen LogP) is 3.21. The molecule has 1 aromatic carbocycles. The molecule has 1 atom stereocenters. The van der Waals surface area contributed by atoms with Gasteiger partial charge in [0.1, 0.15) is 6.42 Å². The molecule has 0 aromatic heterocycles. The second-order valence-corrected chi connectivity index (χ2v) is 4.44. The summed E-state index contributed by atoms with van der Waals surface area (Å²) in [6.45, 7) is 1.59. The molecule has 1 aromatic rings. The van der Waals surface area contributed by atoms with Gasteiger partial charge in [-0.25, -0.2) is 0 Å². The van der Waals surface area contributed by atoms with Crippen molar-refractivity contribution in [3.8, 4) is 0 Å². The molecule has 1 N–H and O–H groups in total. The third-order valence-corrected chi connectivity index (χ3v) is 2.99. The van der Waals surface area contributed by atoms with E-state index in [1.165, 1.54) is 0 Å². The Labute approximate surface area is 108 Å². The molecule has 0 saturated heterocycles. The lowest BCUT2D eigenvalue weighted by Gasteiger charge is -2.29. The molecule has 0 fully saturated rings. The van der Waals surface area contributed by atoms with Crippen molar-refractivity contribution in [3.63, 3.8) is 0 Å². The average molecular weight is 280 g/mol. The van der Waals surface area contributed by atoms with Gasteiger partial charge in [0.15, 0.2) is 0 Å². The number of amides is 1. The molecule has 0 spiro atoms. The Morgan fingerprint density at radius 3 is 2.28 bits per heavy atom. The molecule has 0 saturated carbocycles. The van der Waals surface area contributed by atoms with Crippen molar-refractivity contribution in [2.45, 2.75) is 25.1 Å². The van der Waals surface area contributed by atoms with Gasteiger partial charge < -0.3 is 5.32 Å². The number of carbonyl (C=O) groups is 1. The van der Waals surface area contributed by atoms with E-state index in [-0.39, 0.29) is 5.88 Å². The van der Waals surface area contributed by atoms with Crippen LogP contribution in [0.5, 0.6) is 0 Å². The Kier molecular flexibility index (Phi) is 4.62. The molecule has 0 aliphatic rings. The van der Waals surface area contributed by atoms with E-state index < -0.39 is 24.0 Å². The molecule has 0 aliphatic carbocycles. The molecule has 0 bridgehead atoms. The number of rotatable bonds is 4. The van der Waals surface area contributed by atoms with Crippen LogP contribution in [0.2, 0.25) is 0 Å². The highest BCUT2D eigenvalue weighted by Gasteiger charge is 2.35. The summed E-state index contributed by atoms with van der Waals surface area (Å²) in [5.41, 5.74) is -0.346. The van der Waals surface area contributed by atoms with Crippen LogP contribution in [-0.2, 0) is 10.3 Å². The van der Waals surface area contributed by atoms with Crippen molar-refractivity contribution >= 4 is 17.5 Å². The summed E-state index contributed by atoms with van der Waals surface area (Å²) < 4.78 is 36.3. The minimum atomic E-state index is -4.52. The van der Waals surface area contributed by atoms with Crippen LogP contribution in [-0.4, -0.2) is 18.0 Å². The molecule has 1 unspecified atom stereocenters. The van der Waals surface area contributed by atoms with Crippen molar-refractivity contribution < 1.29 is 18.0 Å². The number of benzene rings is 1.